The van der Waals surface area contributed by atoms with Gasteiger partial charge in [-0.1, -0.05) is 307 Å². The Morgan fingerprint density at radius 3 is 0.534 bits per heavy atom. The highest BCUT2D eigenvalue weighted by atomic mass is 32.1. The molecule has 0 aliphatic rings. The van der Waals surface area contributed by atoms with Gasteiger partial charge in [0.2, 0.25) is 0 Å². The molecule has 0 fully saturated rings. The zero-order valence-electron chi connectivity index (χ0n) is 48.5. The molecule has 0 atom stereocenters. The Labute approximate surface area is 475 Å². The van der Waals surface area contributed by atoms with Gasteiger partial charge in [-0.3, -0.25) is 0 Å². The van der Waals surface area contributed by atoms with E-state index in [0.29, 0.717) is 25.7 Å². The minimum absolute atomic E-state index is 0.225. The number of rotatable bonds is 56. The van der Waals surface area contributed by atoms with Crippen molar-refractivity contribution in [3.8, 4) is 0 Å². The summed E-state index contributed by atoms with van der Waals surface area (Å²) in [6.07, 6.45) is 53.8. The van der Waals surface area contributed by atoms with E-state index in [1.54, 1.807) is 0 Å². The average Bonchev–Trinajstić information content (AvgIpc) is 3.33. The maximum absolute atomic E-state index is 6.52. The van der Waals surface area contributed by atoms with Crippen LogP contribution in [-0.4, -0.2) is 26.4 Å². The first-order valence-electron chi connectivity index (χ1n) is 30.9. The molecule has 0 aromatic carbocycles. The minimum Gasteiger partial charge on any atom is -0.379 e. The summed E-state index contributed by atoms with van der Waals surface area (Å²) in [7, 11) is 0. The molecule has 8 heteroatoms. The number of thiocarbonyl (C=S) groups is 4. The van der Waals surface area contributed by atoms with Crippen LogP contribution in [0.25, 0.3) is 0 Å². The van der Waals surface area contributed by atoms with Gasteiger partial charge in [0.25, 0.3) is 0 Å². The predicted octanol–water partition coefficient (Wildman–Crippen LogP) is 24.0. The van der Waals surface area contributed by atoms with E-state index in [4.69, 9.17) is 67.8 Å². The van der Waals surface area contributed by atoms with Crippen molar-refractivity contribution in [1.82, 2.24) is 0 Å². The second-order valence-corrected chi connectivity index (χ2v) is 23.7. The van der Waals surface area contributed by atoms with Crippen molar-refractivity contribution in [2.75, 3.05) is 0 Å². The van der Waals surface area contributed by atoms with Crippen LogP contribution in [0, 0.1) is 0 Å². The van der Waals surface area contributed by atoms with E-state index in [-0.39, 0.29) is 20.2 Å². The lowest BCUT2D eigenvalue weighted by molar-refractivity contribution is -0.394. The molecule has 0 heterocycles. The number of hydrogen-bond donors (Lipinski definition) is 0. The normalized spacial score (nSPS) is 11.3. The van der Waals surface area contributed by atoms with Gasteiger partial charge in [-0.05, 0) is 100 Å². The summed E-state index contributed by atoms with van der Waals surface area (Å²) < 4.78 is 26.1. The highest BCUT2D eigenvalue weighted by Crippen LogP contribution is 2.29. The lowest BCUT2D eigenvalue weighted by atomic mass is 10.0. The number of unbranched alkanes of at least 4 members (excludes halogenated alkanes) is 36. The number of hydrogen-bond acceptors (Lipinski definition) is 8. The molecule has 424 valence electrons. The Morgan fingerprint density at radius 1 is 0.247 bits per heavy atom. The summed E-state index contributed by atoms with van der Waals surface area (Å²) in [6.45, 7) is 26.7. The molecular formula is C65H116O4S4. The fraction of sp³-hybridized carbons (Fsp3) is 0.815. The molecule has 0 aromatic rings. The Kier molecular flexibility index (Phi) is 51.5. The fourth-order valence-corrected chi connectivity index (χ4v) is 10.7. The second kappa shape index (κ2) is 52.6. The third-order valence-corrected chi connectivity index (χ3v) is 15.0. The molecule has 0 aliphatic carbocycles. The van der Waals surface area contributed by atoms with E-state index in [0.717, 1.165) is 73.7 Å². The molecule has 73 heavy (non-hydrogen) atoms. The van der Waals surface area contributed by atoms with Crippen molar-refractivity contribution >= 4 is 69.1 Å². The molecule has 0 unspecified atom stereocenters. The van der Waals surface area contributed by atoms with Crippen LogP contribution in [0.2, 0.25) is 0 Å². The van der Waals surface area contributed by atoms with Crippen molar-refractivity contribution in [3.63, 3.8) is 0 Å². The first-order chi connectivity index (χ1) is 35.4. The van der Waals surface area contributed by atoms with Gasteiger partial charge in [-0.2, -0.15) is 0 Å². The zero-order chi connectivity index (χ0) is 53.9. The largest absolute Gasteiger partial charge is 0.612 e. The first kappa shape index (κ1) is 71.5. The molecule has 0 bridgehead atoms. The molecule has 0 rings (SSSR count). The minimum atomic E-state index is -2.24. The molecule has 0 aliphatic heterocycles. The van der Waals surface area contributed by atoms with Gasteiger partial charge < -0.3 is 18.9 Å². The predicted molar refractivity (Wildman–Crippen MR) is 338 cm³/mol. The van der Waals surface area contributed by atoms with E-state index in [1.165, 1.54) is 231 Å². The Morgan fingerprint density at radius 2 is 0.384 bits per heavy atom. The molecule has 0 amide bonds. The third kappa shape index (κ3) is 48.6. The fourth-order valence-electron chi connectivity index (χ4n) is 9.45. The monoisotopic (exact) mass is 1090 g/mol. The summed E-state index contributed by atoms with van der Waals surface area (Å²) in [5.41, 5.74) is 3.97. The molecule has 0 N–H and O–H groups in total. The lowest BCUT2D eigenvalue weighted by Gasteiger charge is -2.33. The molecule has 0 spiro atoms. The third-order valence-electron chi connectivity index (χ3n) is 14.1. The Hall–Kier alpha value is -1.48. The van der Waals surface area contributed by atoms with Gasteiger partial charge in [0.05, 0.1) is 0 Å². The van der Waals surface area contributed by atoms with Gasteiger partial charge in [0.1, 0.15) is 0 Å². The van der Waals surface area contributed by atoms with Crippen LogP contribution in [0.1, 0.15) is 336 Å². The van der Waals surface area contributed by atoms with Gasteiger partial charge in [0.15, 0.2) is 20.2 Å². The van der Waals surface area contributed by atoms with E-state index < -0.39 is 6.16 Å². The quantitative estimate of drug-likeness (QED) is 0.0258. The van der Waals surface area contributed by atoms with Crippen LogP contribution >= 0.6 is 48.9 Å². The highest BCUT2D eigenvalue weighted by Gasteiger charge is 2.46. The summed E-state index contributed by atoms with van der Waals surface area (Å²) in [5, 5.41) is 0.900. The Bertz CT molecular complexity index is 1220. The van der Waals surface area contributed by atoms with Crippen LogP contribution in [0.4, 0.5) is 0 Å². The zero-order valence-corrected chi connectivity index (χ0v) is 51.8. The van der Waals surface area contributed by atoms with E-state index in [9.17, 15) is 0 Å². The van der Waals surface area contributed by atoms with Crippen LogP contribution < -0.4 is 0 Å². The van der Waals surface area contributed by atoms with Crippen LogP contribution in [0.5, 0.6) is 0 Å². The van der Waals surface area contributed by atoms with Crippen LogP contribution in [-0.2, 0) is 18.9 Å². The summed E-state index contributed by atoms with van der Waals surface area (Å²) in [5.74, 6) is 0. The van der Waals surface area contributed by atoms with E-state index in [2.05, 4.69) is 54.0 Å². The first-order valence-corrected chi connectivity index (χ1v) is 32.6. The lowest BCUT2D eigenvalue weighted by Crippen LogP contribution is -2.47. The molecular weight excluding hydrogens is 973 g/mol. The maximum atomic E-state index is 6.52. The molecule has 0 aromatic heterocycles. The van der Waals surface area contributed by atoms with E-state index >= 15 is 0 Å². The van der Waals surface area contributed by atoms with Crippen LogP contribution in [0.15, 0.2) is 48.6 Å². The molecule has 4 nitrogen and oxygen atoms in total. The second-order valence-electron chi connectivity index (χ2n) is 21.8. The average molecular weight is 1090 g/mol. The Balaban J connectivity index is 5.95. The van der Waals surface area contributed by atoms with Gasteiger partial charge in [-0.25, -0.2) is 0 Å². The van der Waals surface area contributed by atoms with Crippen molar-refractivity contribution < 1.29 is 18.9 Å². The van der Waals surface area contributed by atoms with Gasteiger partial charge >= 0.3 is 6.16 Å². The van der Waals surface area contributed by atoms with Crippen molar-refractivity contribution in [3.05, 3.63) is 48.6 Å². The summed E-state index contributed by atoms with van der Waals surface area (Å²) in [6, 6.07) is 0. The van der Waals surface area contributed by atoms with Crippen molar-refractivity contribution in [1.29, 1.82) is 0 Å². The summed E-state index contributed by atoms with van der Waals surface area (Å²) >= 11 is 23.8. The van der Waals surface area contributed by atoms with Crippen molar-refractivity contribution in [2.45, 2.75) is 342 Å². The molecule has 0 saturated heterocycles. The van der Waals surface area contributed by atoms with Crippen LogP contribution in [0.3, 0.4) is 0 Å². The molecule has 0 saturated carbocycles. The van der Waals surface area contributed by atoms with E-state index in [1.807, 2.05) is 0 Å². The SMILES string of the molecule is C=C(CCCCCCCCCCCC)CC(=S)OC(OC(=S)CC(=C)CCCCCCCCCCCC)(OC(=S)CC(=C)CCCCCCCCCCCC)OC(=S)CC(=C)CCCCCCCCCCCC. The van der Waals surface area contributed by atoms with Crippen molar-refractivity contribution in [2.24, 2.45) is 0 Å². The standard InChI is InChI=1S/C65H116O4S4/c1-9-13-17-21-25-29-33-37-41-45-49-57(5)53-61(70)66-65(67-62(71)54-58(6)50-46-42-38-34-30-26-22-18-14-10-2,68-63(72)55-59(7)51-47-43-39-35-31-27-23-19-15-11-3)69-64(73)56-60(8)52-48-44-40-36-32-28-24-20-16-12-4/h5-56H2,1-4H3. The highest BCUT2D eigenvalue weighted by molar-refractivity contribution is 7.80. The maximum Gasteiger partial charge on any atom is 0.612 e. The number of ether oxygens (including phenoxy) is 4. The van der Waals surface area contributed by atoms with Gasteiger partial charge in [0, 0.05) is 25.7 Å². The topological polar surface area (TPSA) is 36.9 Å². The molecule has 0 radical (unpaired) electrons. The van der Waals surface area contributed by atoms with Gasteiger partial charge in [-0.15, -0.1) is 0 Å². The summed E-state index contributed by atoms with van der Waals surface area (Å²) in [4.78, 5) is 0. The smallest absolute Gasteiger partial charge is 0.379 e.